The third-order valence-corrected chi connectivity index (χ3v) is 5.66. The van der Waals surface area contributed by atoms with Crippen LogP contribution in [-0.2, 0) is 7.05 Å². The van der Waals surface area contributed by atoms with Gasteiger partial charge in [-0.05, 0) is 31.5 Å². The van der Waals surface area contributed by atoms with Crippen LogP contribution in [0.2, 0.25) is 0 Å². The van der Waals surface area contributed by atoms with Crippen molar-refractivity contribution in [1.82, 2.24) is 24.7 Å². The first kappa shape index (κ1) is 17.5. The van der Waals surface area contributed by atoms with Gasteiger partial charge in [-0.3, -0.25) is 4.79 Å². The second-order valence-corrected chi connectivity index (χ2v) is 7.72. The predicted octanol–water partition coefficient (Wildman–Crippen LogP) is 3.88. The van der Waals surface area contributed by atoms with Crippen LogP contribution in [0.4, 0.5) is 0 Å². The molecule has 27 heavy (non-hydrogen) atoms. The van der Waals surface area contributed by atoms with Crippen molar-refractivity contribution >= 4 is 22.7 Å². The lowest BCUT2D eigenvalue weighted by Crippen LogP contribution is -2.13. The molecule has 0 aliphatic carbocycles. The summed E-state index contributed by atoms with van der Waals surface area (Å²) in [6.45, 7) is 4.06. The van der Waals surface area contributed by atoms with Crippen molar-refractivity contribution in [3.8, 4) is 11.4 Å². The van der Waals surface area contributed by atoms with Gasteiger partial charge in [-0.2, -0.15) is 0 Å². The Morgan fingerprint density at radius 1 is 1.07 bits per heavy atom. The quantitative estimate of drug-likeness (QED) is 0.546. The van der Waals surface area contributed by atoms with Gasteiger partial charge in [0.1, 0.15) is 5.82 Å². The number of para-hydroxylation sites is 1. The third-order valence-electron chi connectivity index (χ3n) is 4.52. The molecule has 0 aliphatic rings. The molecule has 0 spiro atoms. The molecule has 0 radical (unpaired) electrons. The van der Waals surface area contributed by atoms with Gasteiger partial charge in [0.15, 0.2) is 11.0 Å². The summed E-state index contributed by atoms with van der Waals surface area (Å²) in [6, 6.07) is 15.5. The van der Waals surface area contributed by atoms with Crippen molar-refractivity contribution in [2.45, 2.75) is 24.3 Å². The molecular weight excluding hydrogens is 358 g/mol. The Morgan fingerprint density at radius 3 is 2.63 bits per heavy atom. The number of H-pyrrole nitrogens is 1. The maximum Gasteiger partial charge on any atom is 0.258 e. The minimum absolute atomic E-state index is 0.0741. The molecule has 0 aliphatic heterocycles. The summed E-state index contributed by atoms with van der Waals surface area (Å²) in [7, 11) is 1.95. The maximum absolute atomic E-state index is 12.3. The Hall–Kier alpha value is -2.93. The number of fused-ring (bicyclic) bond motifs is 1. The Kier molecular flexibility index (Phi) is 4.53. The number of hydrogen-bond donors (Lipinski definition) is 1. The highest BCUT2D eigenvalue weighted by molar-refractivity contribution is 7.99. The van der Waals surface area contributed by atoms with E-state index >= 15 is 0 Å². The van der Waals surface area contributed by atoms with E-state index in [1.807, 2.05) is 54.9 Å². The Balaban J connectivity index is 1.65. The molecular formula is C20H19N5OS. The molecule has 2 aromatic heterocycles. The molecule has 0 amide bonds. The first-order valence-corrected chi connectivity index (χ1v) is 9.53. The molecule has 7 heteroatoms. The maximum atomic E-state index is 12.3. The number of aryl methyl sites for hydroxylation is 1. The van der Waals surface area contributed by atoms with E-state index in [-0.39, 0.29) is 10.8 Å². The van der Waals surface area contributed by atoms with E-state index in [0.717, 1.165) is 22.1 Å². The highest BCUT2D eigenvalue weighted by Crippen LogP contribution is 2.33. The number of benzene rings is 2. The fourth-order valence-corrected chi connectivity index (χ4v) is 3.86. The number of hydrogen-bond acceptors (Lipinski definition) is 5. The van der Waals surface area contributed by atoms with E-state index in [1.165, 1.54) is 11.8 Å². The zero-order chi connectivity index (χ0) is 19.0. The molecule has 2 heterocycles. The molecule has 0 bridgehead atoms. The number of thioether (sulfide) groups is 1. The largest absolute Gasteiger partial charge is 0.309 e. The first-order valence-electron chi connectivity index (χ1n) is 8.65. The van der Waals surface area contributed by atoms with Crippen LogP contribution in [-0.4, -0.2) is 24.7 Å². The smallest absolute Gasteiger partial charge is 0.258 e. The van der Waals surface area contributed by atoms with E-state index in [9.17, 15) is 4.79 Å². The average molecular weight is 377 g/mol. The van der Waals surface area contributed by atoms with Crippen LogP contribution in [0.1, 0.15) is 23.6 Å². The number of nitrogens with one attached hydrogen (secondary N) is 1. The first-order chi connectivity index (χ1) is 13.0. The zero-order valence-corrected chi connectivity index (χ0v) is 16.1. The number of aromatic amines is 1. The topological polar surface area (TPSA) is 76.5 Å². The highest BCUT2D eigenvalue weighted by atomic mass is 32.2. The van der Waals surface area contributed by atoms with Gasteiger partial charge < -0.3 is 9.55 Å². The Labute approximate surface area is 160 Å². The normalized spacial score (nSPS) is 12.4. The monoisotopic (exact) mass is 377 g/mol. The summed E-state index contributed by atoms with van der Waals surface area (Å²) in [6.07, 6.45) is 0. The lowest BCUT2D eigenvalue weighted by atomic mass is 10.1. The number of aromatic nitrogens is 5. The summed E-state index contributed by atoms with van der Waals surface area (Å²) in [4.78, 5) is 19.8. The van der Waals surface area contributed by atoms with Gasteiger partial charge >= 0.3 is 0 Å². The molecule has 4 rings (SSSR count). The second-order valence-electron chi connectivity index (χ2n) is 6.41. The molecule has 0 saturated heterocycles. The molecule has 0 unspecified atom stereocenters. The lowest BCUT2D eigenvalue weighted by Gasteiger charge is -2.11. The van der Waals surface area contributed by atoms with Crippen LogP contribution >= 0.6 is 11.8 Å². The van der Waals surface area contributed by atoms with Crippen molar-refractivity contribution in [2.75, 3.05) is 0 Å². The van der Waals surface area contributed by atoms with E-state index in [0.29, 0.717) is 16.7 Å². The molecule has 1 N–H and O–H groups in total. The van der Waals surface area contributed by atoms with Crippen molar-refractivity contribution < 1.29 is 0 Å². The van der Waals surface area contributed by atoms with E-state index in [4.69, 9.17) is 0 Å². The van der Waals surface area contributed by atoms with Crippen LogP contribution in [0.5, 0.6) is 0 Å². The molecule has 0 fully saturated rings. The van der Waals surface area contributed by atoms with Gasteiger partial charge in [-0.25, -0.2) is 4.98 Å². The molecule has 1 atom stereocenters. The van der Waals surface area contributed by atoms with Gasteiger partial charge in [-0.15, -0.1) is 10.2 Å². The van der Waals surface area contributed by atoms with Crippen molar-refractivity contribution in [1.29, 1.82) is 0 Å². The second kappa shape index (κ2) is 7.00. The molecule has 4 aromatic rings. The van der Waals surface area contributed by atoms with Gasteiger partial charge in [-0.1, -0.05) is 48.2 Å². The van der Waals surface area contributed by atoms with E-state index in [1.54, 1.807) is 6.07 Å². The molecule has 136 valence electrons. The fourth-order valence-electron chi connectivity index (χ4n) is 2.99. The summed E-state index contributed by atoms with van der Waals surface area (Å²) < 4.78 is 1.97. The third kappa shape index (κ3) is 3.26. The van der Waals surface area contributed by atoms with Gasteiger partial charge in [0.05, 0.1) is 16.2 Å². The highest BCUT2D eigenvalue weighted by Gasteiger charge is 2.18. The predicted molar refractivity (Wildman–Crippen MR) is 108 cm³/mol. The number of nitrogens with zero attached hydrogens (tertiary/aromatic N) is 4. The van der Waals surface area contributed by atoms with Crippen LogP contribution in [0.3, 0.4) is 0 Å². The minimum Gasteiger partial charge on any atom is -0.309 e. The average Bonchev–Trinajstić information content (AvgIpc) is 3.02. The van der Waals surface area contributed by atoms with Crippen LogP contribution in [0.25, 0.3) is 22.3 Å². The number of rotatable bonds is 4. The molecule has 0 saturated carbocycles. The zero-order valence-electron chi connectivity index (χ0n) is 15.3. The summed E-state index contributed by atoms with van der Waals surface area (Å²) in [5, 5.41) is 10.00. The minimum atomic E-state index is -0.124. The van der Waals surface area contributed by atoms with Gasteiger partial charge in [0, 0.05) is 12.6 Å². The van der Waals surface area contributed by atoms with Gasteiger partial charge in [0.25, 0.3) is 5.56 Å². The summed E-state index contributed by atoms with van der Waals surface area (Å²) in [5.74, 6) is 1.45. The van der Waals surface area contributed by atoms with Crippen LogP contribution < -0.4 is 5.56 Å². The van der Waals surface area contributed by atoms with Crippen LogP contribution in [0, 0.1) is 6.92 Å². The summed E-state index contributed by atoms with van der Waals surface area (Å²) >= 11 is 1.52. The van der Waals surface area contributed by atoms with E-state index in [2.05, 4.69) is 33.2 Å². The van der Waals surface area contributed by atoms with E-state index < -0.39 is 0 Å². The van der Waals surface area contributed by atoms with Crippen molar-refractivity contribution in [3.05, 3.63) is 70.3 Å². The lowest BCUT2D eigenvalue weighted by molar-refractivity contribution is 0.786. The Morgan fingerprint density at radius 2 is 1.81 bits per heavy atom. The van der Waals surface area contributed by atoms with Crippen LogP contribution in [0.15, 0.2) is 58.5 Å². The Bertz CT molecular complexity index is 1180. The standard InChI is InChI=1S/C20H19N5OS/c1-12-8-4-5-9-14(12)18-23-24-20(25(18)3)27-13(2)17-21-16-11-7-6-10-15(16)19(26)22-17/h4-11,13H,1-3H3,(H,21,22,26)/t13-/m0/s1. The van der Waals surface area contributed by atoms with Gasteiger partial charge in [0.2, 0.25) is 0 Å². The van der Waals surface area contributed by atoms with Crippen molar-refractivity contribution in [3.63, 3.8) is 0 Å². The SMILES string of the molecule is Cc1ccccc1-c1nnc(S[C@@H](C)c2nc3ccccc3c(=O)[nH]2)n1C. The summed E-state index contributed by atoms with van der Waals surface area (Å²) in [5.41, 5.74) is 2.78. The molecule has 2 aromatic carbocycles. The molecule has 6 nitrogen and oxygen atoms in total. The fraction of sp³-hybridized carbons (Fsp3) is 0.200. The van der Waals surface area contributed by atoms with Crippen molar-refractivity contribution in [2.24, 2.45) is 7.05 Å².